The highest BCUT2D eigenvalue weighted by molar-refractivity contribution is 5.99. The molecule has 2 N–H and O–H groups in total. The molecule has 0 bridgehead atoms. The fourth-order valence-electron chi connectivity index (χ4n) is 1.71. The molecule has 0 radical (unpaired) electrons. The molecule has 1 aromatic carbocycles. The first kappa shape index (κ1) is 12.9. The molecule has 2 heteroatoms. The molecule has 0 saturated carbocycles. The van der Waals surface area contributed by atoms with E-state index >= 15 is 0 Å². The standard InChI is InChI=1S/C14H21NO/c1-8-6-10(3)13(7-9(8)2)14(16)11(4)12(5)15/h6-7,11-12H,15H2,1-5H3. The summed E-state index contributed by atoms with van der Waals surface area (Å²) in [5.74, 6) is 0.0245. The maximum absolute atomic E-state index is 12.2. The zero-order chi connectivity index (χ0) is 12.5. The number of ketones is 1. The van der Waals surface area contributed by atoms with Crippen LogP contribution in [-0.4, -0.2) is 11.8 Å². The molecule has 2 nitrogen and oxygen atoms in total. The fourth-order valence-corrected chi connectivity index (χ4v) is 1.71. The van der Waals surface area contributed by atoms with E-state index in [4.69, 9.17) is 5.73 Å². The number of hydrogen-bond acceptors (Lipinski definition) is 2. The minimum Gasteiger partial charge on any atom is -0.327 e. The summed E-state index contributed by atoms with van der Waals surface area (Å²) >= 11 is 0. The van der Waals surface area contributed by atoms with Gasteiger partial charge in [0.25, 0.3) is 0 Å². The number of hydrogen-bond donors (Lipinski definition) is 1. The molecule has 0 fully saturated rings. The molecule has 16 heavy (non-hydrogen) atoms. The Morgan fingerprint density at radius 3 is 2.06 bits per heavy atom. The van der Waals surface area contributed by atoms with Crippen LogP contribution in [0, 0.1) is 26.7 Å². The van der Waals surface area contributed by atoms with Gasteiger partial charge in [0.05, 0.1) is 0 Å². The highest BCUT2D eigenvalue weighted by Crippen LogP contribution is 2.19. The summed E-state index contributed by atoms with van der Waals surface area (Å²) in [6.07, 6.45) is 0. The lowest BCUT2D eigenvalue weighted by atomic mass is 9.89. The second-order valence-corrected chi connectivity index (χ2v) is 4.76. The van der Waals surface area contributed by atoms with E-state index in [-0.39, 0.29) is 17.7 Å². The molecule has 88 valence electrons. The SMILES string of the molecule is Cc1cc(C)c(C(=O)C(C)C(C)N)cc1C. The minimum atomic E-state index is -0.124. The van der Waals surface area contributed by atoms with Gasteiger partial charge in [0, 0.05) is 17.5 Å². The van der Waals surface area contributed by atoms with E-state index < -0.39 is 0 Å². The molecule has 0 amide bonds. The molecule has 2 unspecified atom stereocenters. The summed E-state index contributed by atoms with van der Waals surface area (Å²) < 4.78 is 0. The molecule has 0 heterocycles. The van der Waals surface area contributed by atoms with Crippen molar-refractivity contribution >= 4 is 5.78 Å². The van der Waals surface area contributed by atoms with Crippen LogP contribution in [0.1, 0.15) is 40.9 Å². The second kappa shape index (κ2) is 4.79. The molecule has 0 aliphatic carbocycles. The number of carbonyl (C=O) groups is 1. The summed E-state index contributed by atoms with van der Waals surface area (Å²) in [7, 11) is 0. The summed E-state index contributed by atoms with van der Waals surface area (Å²) in [5, 5.41) is 0. The van der Waals surface area contributed by atoms with Gasteiger partial charge < -0.3 is 5.73 Å². The third-order valence-corrected chi connectivity index (χ3v) is 3.31. The monoisotopic (exact) mass is 219 g/mol. The Labute approximate surface area is 97.9 Å². The lowest BCUT2D eigenvalue weighted by Crippen LogP contribution is -2.31. The van der Waals surface area contributed by atoms with Crippen molar-refractivity contribution in [2.45, 2.75) is 40.7 Å². The molecule has 0 aliphatic heterocycles. The summed E-state index contributed by atoms with van der Waals surface area (Å²) in [5.41, 5.74) is 10.0. The highest BCUT2D eigenvalue weighted by atomic mass is 16.1. The van der Waals surface area contributed by atoms with Gasteiger partial charge in [-0.25, -0.2) is 0 Å². The van der Waals surface area contributed by atoms with Crippen molar-refractivity contribution in [2.24, 2.45) is 11.7 Å². The van der Waals surface area contributed by atoms with Gasteiger partial charge in [0.1, 0.15) is 0 Å². The summed E-state index contributed by atoms with van der Waals surface area (Å²) in [6, 6.07) is 3.94. The molecule has 1 aromatic rings. The van der Waals surface area contributed by atoms with E-state index in [1.165, 1.54) is 5.56 Å². The van der Waals surface area contributed by atoms with Gasteiger partial charge in [0.2, 0.25) is 0 Å². The average Bonchev–Trinajstić information content (AvgIpc) is 2.21. The number of aryl methyl sites for hydroxylation is 3. The van der Waals surface area contributed by atoms with E-state index in [0.717, 1.165) is 16.7 Å². The summed E-state index contributed by atoms with van der Waals surface area (Å²) in [6.45, 7) is 9.84. The molecule has 0 spiro atoms. The Morgan fingerprint density at radius 1 is 1.06 bits per heavy atom. The van der Waals surface area contributed by atoms with Gasteiger partial charge in [-0.1, -0.05) is 13.0 Å². The first-order chi connectivity index (χ1) is 7.34. The Morgan fingerprint density at radius 2 is 1.56 bits per heavy atom. The van der Waals surface area contributed by atoms with Gasteiger partial charge in [-0.2, -0.15) is 0 Å². The number of benzene rings is 1. The predicted octanol–water partition coefficient (Wildman–Crippen LogP) is 2.78. The van der Waals surface area contributed by atoms with E-state index in [1.807, 2.05) is 33.8 Å². The van der Waals surface area contributed by atoms with Gasteiger partial charge in [-0.05, 0) is 50.5 Å². The van der Waals surface area contributed by atoms with Crippen molar-refractivity contribution < 1.29 is 4.79 Å². The Hall–Kier alpha value is -1.15. The van der Waals surface area contributed by atoms with Crippen LogP contribution in [0.25, 0.3) is 0 Å². The quantitative estimate of drug-likeness (QED) is 0.794. The van der Waals surface area contributed by atoms with Crippen LogP contribution in [0.5, 0.6) is 0 Å². The van der Waals surface area contributed by atoms with Crippen LogP contribution in [0.2, 0.25) is 0 Å². The van der Waals surface area contributed by atoms with Crippen LogP contribution in [0.3, 0.4) is 0 Å². The highest BCUT2D eigenvalue weighted by Gasteiger charge is 2.20. The van der Waals surface area contributed by atoms with Crippen molar-refractivity contribution in [2.75, 3.05) is 0 Å². The molecule has 2 atom stereocenters. The van der Waals surface area contributed by atoms with Crippen LogP contribution >= 0.6 is 0 Å². The number of rotatable bonds is 3. The normalized spacial score (nSPS) is 14.6. The molecule has 0 aromatic heterocycles. The molecule has 0 saturated heterocycles. The second-order valence-electron chi connectivity index (χ2n) is 4.76. The van der Waals surface area contributed by atoms with Crippen LogP contribution < -0.4 is 5.73 Å². The Balaban J connectivity index is 3.14. The van der Waals surface area contributed by atoms with E-state index in [9.17, 15) is 4.79 Å². The van der Waals surface area contributed by atoms with Gasteiger partial charge in [-0.15, -0.1) is 0 Å². The van der Waals surface area contributed by atoms with Gasteiger partial charge in [0.15, 0.2) is 5.78 Å². The Bertz CT molecular complexity index is 407. The number of nitrogens with two attached hydrogens (primary N) is 1. The fraction of sp³-hybridized carbons (Fsp3) is 0.500. The molecule has 1 rings (SSSR count). The maximum atomic E-state index is 12.2. The third-order valence-electron chi connectivity index (χ3n) is 3.31. The van der Waals surface area contributed by atoms with Crippen LogP contribution in [-0.2, 0) is 0 Å². The number of carbonyl (C=O) groups excluding carboxylic acids is 1. The maximum Gasteiger partial charge on any atom is 0.167 e. The smallest absolute Gasteiger partial charge is 0.167 e. The van der Waals surface area contributed by atoms with Crippen molar-refractivity contribution in [3.8, 4) is 0 Å². The van der Waals surface area contributed by atoms with Gasteiger partial charge in [-0.3, -0.25) is 4.79 Å². The average molecular weight is 219 g/mol. The van der Waals surface area contributed by atoms with Crippen molar-refractivity contribution in [3.63, 3.8) is 0 Å². The van der Waals surface area contributed by atoms with E-state index in [0.29, 0.717) is 0 Å². The predicted molar refractivity (Wildman–Crippen MR) is 67.8 cm³/mol. The zero-order valence-electron chi connectivity index (χ0n) is 10.8. The lowest BCUT2D eigenvalue weighted by molar-refractivity contribution is 0.0916. The zero-order valence-corrected chi connectivity index (χ0v) is 10.8. The minimum absolute atomic E-state index is 0.103. The molecular formula is C14H21NO. The van der Waals surface area contributed by atoms with Gasteiger partial charge >= 0.3 is 0 Å². The third kappa shape index (κ3) is 2.50. The first-order valence-corrected chi connectivity index (χ1v) is 5.72. The number of Topliss-reactive ketones (excluding diaryl/α,β-unsaturated/α-hetero) is 1. The largest absolute Gasteiger partial charge is 0.327 e. The van der Waals surface area contributed by atoms with E-state index in [1.54, 1.807) is 0 Å². The van der Waals surface area contributed by atoms with Crippen molar-refractivity contribution in [3.05, 3.63) is 34.4 Å². The van der Waals surface area contributed by atoms with Crippen molar-refractivity contribution in [1.82, 2.24) is 0 Å². The van der Waals surface area contributed by atoms with Crippen LogP contribution in [0.15, 0.2) is 12.1 Å². The molecular weight excluding hydrogens is 198 g/mol. The van der Waals surface area contributed by atoms with E-state index in [2.05, 4.69) is 13.0 Å². The summed E-state index contributed by atoms with van der Waals surface area (Å²) in [4.78, 5) is 12.2. The first-order valence-electron chi connectivity index (χ1n) is 5.72. The van der Waals surface area contributed by atoms with Crippen LogP contribution in [0.4, 0.5) is 0 Å². The lowest BCUT2D eigenvalue weighted by Gasteiger charge is -2.16. The molecule has 0 aliphatic rings. The Kier molecular flexibility index (Phi) is 3.87. The topological polar surface area (TPSA) is 43.1 Å². The van der Waals surface area contributed by atoms with Crippen molar-refractivity contribution in [1.29, 1.82) is 0 Å².